The summed E-state index contributed by atoms with van der Waals surface area (Å²) < 4.78 is 0. The number of benzene rings is 2. The maximum atomic E-state index is 10.4. The Labute approximate surface area is 120 Å². The highest BCUT2D eigenvalue weighted by atomic mass is 35.5. The van der Waals surface area contributed by atoms with Crippen molar-refractivity contribution in [1.29, 1.82) is 0 Å². The zero-order valence-corrected chi connectivity index (χ0v) is 11.3. The van der Waals surface area contributed by atoms with Crippen molar-refractivity contribution in [2.24, 2.45) is 0 Å². The minimum atomic E-state index is -1.00. The molecule has 0 saturated heterocycles. The van der Waals surface area contributed by atoms with Gasteiger partial charge < -0.3 is 28.0 Å². The van der Waals surface area contributed by atoms with E-state index in [1.54, 1.807) is 18.2 Å². The number of rotatable bonds is 1. The molecule has 106 valence electrons. The largest absolute Gasteiger partial charge is 0.478 e. The van der Waals surface area contributed by atoms with E-state index in [0.29, 0.717) is 27.8 Å². The van der Waals surface area contributed by atoms with Crippen molar-refractivity contribution in [3.05, 3.63) is 47.0 Å². The molecule has 7 heteroatoms. The predicted octanol–water partition coefficient (Wildman–Crippen LogP) is 2.05. The average Bonchev–Trinajstić information content (AvgIpc) is 2.38. The SMILES string of the molecule is Nc1ccc(C(=O)O)cc1N.Nc1ccc(N)c(Cl)c1. The molecule has 0 saturated carbocycles. The molecule has 20 heavy (non-hydrogen) atoms. The van der Waals surface area contributed by atoms with E-state index < -0.39 is 5.97 Å². The molecule has 0 unspecified atom stereocenters. The molecule has 0 atom stereocenters. The van der Waals surface area contributed by atoms with Crippen LogP contribution >= 0.6 is 11.6 Å². The van der Waals surface area contributed by atoms with E-state index in [0.717, 1.165) is 0 Å². The summed E-state index contributed by atoms with van der Waals surface area (Å²) in [6.07, 6.45) is 0. The molecular formula is C13H15ClN4O2. The summed E-state index contributed by atoms with van der Waals surface area (Å²) in [4.78, 5) is 10.4. The van der Waals surface area contributed by atoms with Gasteiger partial charge in [0.25, 0.3) is 0 Å². The van der Waals surface area contributed by atoms with Gasteiger partial charge in [0.05, 0.1) is 27.6 Å². The number of hydrogen-bond donors (Lipinski definition) is 5. The maximum absolute atomic E-state index is 10.4. The van der Waals surface area contributed by atoms with Crippen LogP contribution in [0.1, 0.15) is 10.4 Å². The van der Waals surface area contributed by atoms with Gasteiger partial charge in [-0.05, 0) is 36.4 Å². The van der Waals surface area contributed by atoms with E-state index in [-0.39, 0.29) is 5.56 Å². The highest BCUT2D eigenvalue weighted by molar-refractivity contribution is 6.33. The molecule has 6 nitrogen and oxygen atoms in total. The molecule has 2 aromatic carbocycles. The van der Waals surface area contributed by atoms with E-state index in [9.17, 15) is 4.79 Å². The quantitative estimate of drug-likeness (QED) is 0.510. The number of hydrogen-bond acceptors (Lipinski definition) is 5. The number of aromatic carboxylic acids is 1. The lowest BCUT2D eigenvalue weighted by Crippen LogP contribution is -2.00. The summed E-state index contributed by atoms with van der Waals surface area (Å²) in [5.74, 6) is -1.00. The third-order valence-corrected chi connectivity index (χ3v) is 2.69. The first-order chi connectivity index (χ1) is 9.31. The van der Waals surface area contributed by atoms with Gasteiger partial charge in [-0.15, -0.1) is 0 Å². The molecule has 9 N–H and O–H groups in total. The Hall–Kier alpha value is -2.60. The van der Waals surface area contributed by atoms with Crippen LogP contribution in [0.25, 0.3) is 0 Å². The zero-order valence-electron chi connectivity index (χ0n) is 10.5. The van der Waals surface area contributed by atoms with E-state index in [4.69, 9.17) is 39.6 Å². The lowest BCUT2D eigenvalue weighted by Gasteiger charge is -1.99. The number of nitrogens with two attached hydrogens (primary N) is 4. The van der Waals surface area contributed by atoms with E-state index in [1.807, 2.05) is 0 Å². The van der Waals surface area contributed by atoms with Crippen molar-refractivity contribution in [3.8, 4) is 0 Å². The van der Waals surface area contributed by atoms with Crippen LogP contribution in [0.2, 0.25) is 5.02 Å². The third kappa shape index (κ3) is 4.25. The molecule has 0 aliphatic heterocycles. The van der Waals surface area contributed by atoms with Crippen LogP contribution in [0.15, 0.2) is 36.4 Å². The van der Waals surface area contributed by atoms with Gasteiger partial charge in [-0.25, -0.2) is 4.79 Å². The Balaban J connectivity index is 0.000000204. The number of carboxylic acid groups (broad SMARTS) is 1. The number of carbonyl (C=O) groups is 1. The van der Waals surface area contributed by atoms with E-state index >= 15 is 0 Å². The molecule has 0 aliphatic carbocycles. The molecule has 2 aromatic rings. The van der Waals surface area contributed by atoms with E-state index in [2.05, 4.69) is 0 Å². The van der Waals surface area contributed by atoms with Crippen LogP contribution in [0.3, 0.4) is 0 Å². The number of anilines is 4. The van der Waals surface area contributed by atoms with Crippen molar-refractivity contribution in [1.82, 2.24) is 0 Å². The lowest BCUT2D eigenvalue weighted by atomic mass is 10.2. The molecule has 0 aliphatic rings. The molecule has 2 rings (SSSR count). The van der Waals surface area contributed by atoms with Crippen molar-refractivity contribution in [2.75, 3.05) is 22.9 Å². The van der Waals surface area contributed by atoms with Crippen molar-refractivity contribution in [2.45, 2.75) is 0 Å². The molecule has 0 heterocycles. The molecule has 0 radical (unpaired) electrons. The van der Waals surface area contributed by atoms with Gasteiger partial charge in [0.1, 0.15) is 0 Å². The molecule has 0 amide bonds. The molecule has 0 bridgehead atoms. The topological polar surface area (TPSA) is 141 Å². The maximum Gasteiger partial charge on any atom is 0.335 e. The average molecular weight is 295 g/mol. The highest BCUT2D eigenvalue weighted by Gasteiger charge is 2.03. The Morgan fingerprint density at radius 3 is 1.95 bits per heavy atom. The summed E-state index contributed by atoms with van der Waals surface area (Å²) in [6.45, 7) is 0. The van der Waals surface area contributed by atoms with Crippen LogP contribution in [0.4, 0.5) is 22.7 Å². The second kappa shape index (κ2) is 6.53. The standard InChI is InChI=1S/C7H8N2O2.C6H7ClN2/c8-5-2-1-4(7(10)11)3-6(5)9;7-5-3-4(8)1-2-6(5)9/h1-3H,8-9H2,(H,10,11);1-3H,8-9H2. The summed E-state index contributed by atoms with van der Waals surface area (Å²) in [7, 11) is 0. The Morgan fingerprint density at radius 1 is 0.900 bits per heavy atom. The van der Waals surface area contributed by atoms with Crippen molar-refractivity contribution < 1.29 is 9.90 Å². The van der Waals surface area contributed by atoms with Crippen LogP contribution in [-0.2, 0) is 0 Å². The van der Waals surface area contributed by atoms with Gasteiger partial charge in [0.15, 0.2) is 0 Å². The first-order valence-corrected chi connectivity index (χ1v) is 5.88. The lowest BCUT2D eigenvalue weighted by molar-refractivity contribution is 0.0697. The summed E-state index contributed by atoms with van der Waals surface area (Å²) in [6, 6.07) is 9.22. The summed E-state index contributed by atoms with van der Waals surface area (Å²) in [5.41, 5.74) is 23.6. The molecule has 0 fully saturated rings. The number of nitrogen functional groups attached to an aromatic ring is 4. The van der Waals surface area contributed by atoms with Gasteiger partial charge in [-0.2, -0.15) is 0 Å². The van der Waals surface area contributed by atoms with Gasteiger partial charge in [-0.1, -0.05) is 11.6 Å². The minimum Gasteiger partial charge on any atom is -0.478 e. The number of carboxylic acids is 1. The van der Waals surface area contributed by atoms with Crippen LogP contribution in [0, 0.1) is 0 Å². The van der Waals surface area contributed by atoms with Gasteiger partial charge in [-0.3, -0.25) is 0 Å². The van der Waals surface area contributed by atoms with Crippen LogP contribution in [0.5, 0.6) is 0 Å². The fourth-order valence-electron chi connectivity index (χ4n) is 1.25. The zero-order chi connectivity index (χ0) is 15.3. The molecular weight excluding hydrogens is 280 g/mol. The summed E-state index contributed by atoms with van der Waals surface area (Å²) >= 11 is 5.61. The predicted molar refractivity (Wildman–Crippen MR) is 82.5 cm³/mol. The van der Waals surface area contributed by atoms with E-state index in [1.165, 1.54) is 18.2 Å². The monoisotopic (exact) mass is 294 g/mol. The van der Waals surface area contributed by atoms with Crippen LogP contribution in [-0.4, -0.2) is 11.1 Å². The first-order valence-electron chi connectivity index (χ1n) is 5.50. The van der Waals surface area contributed by atoms with Gasteiger partial charge in [0, 0.05) is 5.69 Å². The third-order valence-electron chi connectivity index (χ3n) is 2.36. The van der Waals surface area contributed by atoms with Gasteiger partial charge in [0.2, 0.25) is 0 Å². The Morgan fingerprint density at radius 2 is 1.50 bits per heavy atom. The second-order valence-corrected chi connectivity index (χ2v) is 4.34. The number of halogens is 1. The Kier molecular flexibility index (Phi) is 5.05. The first kappa shape index (κ1) is 15.5. The normalized spacial score (nSPS) is 9.45. The fourth-order valence-corrected chi connectivity index (χ4v) is 1.44. The van der Waals surface area contributed by atoms with Crippen molar-refractivity contribution >= 4 is 40.3 Å². The minimum absolute atomic E-state index is 0.150. The van der Waals surface area contributed by atoms with Crippen molar-refractivity contribution in [3.63, 3.8) is 0 Å². The molecule has 0 spiro atoms. The Bertz CT molecular complexity index is 632. The molecule has 0 aromatic heterocycles. The fraction of sp³-hybridized carbons (Fsp3) is 0. The summed E-state index contributed by atoms with van der Waals surface area (Å²) in [5, 5.41) is 9.01. The smallest absolute Gasteiger partial charge is 0.335 e. The van der Waals surface area contributed by atoms with Crippen LogP contribution < -0.4 is 22.9 Å². The highest BCUT2D eigenvalue weighted by Crippen LogP contribution is 2.20. The van der Waals surface area contributed by atoms with Gasteiger partial charge >= 0.3 is 5.97 Å². The second-order valence-electron chi connectivity index (χ2n) is 3.93.